The van der Waals surface area contributed by atoms with Crippen molar-refractivity contribution < 1.29 is 9.53 Å². The van der Waals surface area contributed by atoms with Gasteiger partial charge in [0.25, 0.3) is 0 Å². The lowest BCUT2D eigenvalue weighted by atomic mass is 10.2. The third-order valence-corrected chi connectivity index (χ3v) is 5.19. The van der Waals surface area contributed by atoms with Crippen LogP contribution in [0.15, 0.2) is 24.3 Å². The lowest BCUT2D eigenvalue weighted by Crippen LogP contribution is -2.42. The number of amides is 1. The first-order valence-electron chi connectivity index (χ1n) is 9.41. The topological polar surface area (TPSA) is 110 Å². The van der Waals surface area contributed by atoms with Crippen molar-refractivity contribution in [2.24, 2.45) is 0 Å². The van der Waals surface area contributed by atoms with Gasteiger partial charge in [0.15, 0.2) is 0 Å². The van der Waals surface area contributed by atoms with Crippen LogP contribution < -0.4 is 11.1 Å². The van der Waals surface area contributed by atoms with E-state index in [1.165, 1.54) is 0 Å². The number of carbonyl (C=O) groups is 1. The highest BCUT2D eigenvalue weighted by molar-refractivity contribution is 5.76. The van der Waals surface area contributed by atoms with Gasteiger partial charge in [-0.25, -0.2) is 0 Å². The molecule has 0 saturated carbocycles. The summed E-state index contributed by atoms with van der Waals surface area (Å²) in [5.74, 6) is 1.32. The van der Waals surface area contributed by atoms with Crippen molar-refractivity contribution in [3.05, 3.63) is 35.7 Å². The molecule has 1 aromatic heterocycles. The van der Waals surface area contributed by atoms with Crippen LogP contribution >= 0.6 is 0 Å². The van der Waals surface area contributed by atoms with Gasteiger partial charge in [0, 0.05) is 25.8 Å². The Kier molecular flexibility index (Phi) is 5.10. The number of ether oxygens (including phenoxy) is 1. The molecule has 3 N–H and O–H groups in total. The molecule has 2 aliphatic heterocycles. The molecular weight excluding hydrogens is 358 g/mol. The molecule has 0 unspecified atom stereocenters. The summed E-state index contributed by atoms with van der Waals surface area (Å²) >= 11 is 0. The van der Waals surface area contributed by atoms with Gasteiger partial charge in [-0.1, -0.05) is 12.1 Å². The third-order valence-electron chi connectivity index (χ3n) is 5.19. The average molecular weight is 383 g/mol. The van der Waals surface area contributed by atoms with Gasteiger partial charge in [-0.2, -0.15) is 15.0 Å². The number of likely N-dealkylation sites (N-methyl/N-ethyl adjacent to an activating group) is 1. The highest BCUT2D eigenvalue weighted by atomic mass is 16.5. The summed E-state index contributed by atoms with van der Waals surface area (Å²) in [6.45, 7) is 4.47. The van der Waals surface area contributed by atoms with Crippen LogP contribution in [0.2, 0.25) is 0 Å². The van der Waals surface area contributed by atoms with E-state index in [0.29, 0.717) is 31.3 Å². The second kappa shape index (κ2) is 7.69. The van der Waals surface area contributed by atoms with Crippen molar-refractivity contribution in [1.82, 2.24) is 24.8 Å². The Hall–Kier alpha value is -2.78. The molecule has 1 amide bonds. The number of aryl methyl sites for hydroxylation is 1. The highest BCUT2D eigenvalue weighted by Crippen LogP contribution is 2.23. The van der Waals surface area contributed by atoms with Gasteiger partial charge in [0.2, 0.25) is 17.8 Å². The van der Waals surface area contributed by atoms with Gasteiger partial charge in [-0.3, -0.25) is 9.69 Å². The number of nitrogen functional groups attached to an aromatic ring is 1. The number of rotatable bonds is 4. The van der Waals surface area contributed by atoms with Gasteiger partial charge >= 0.3 is 0 Å². The van der Waals surface area contributed by atoms with E-state index in [1.807, 2.05) is 43.1 Å². The number of anilines is 3. The van der Waals surface area contributed by atoms with Gasteiger partial charge in [-0.05, 0) is 24.6 Å². The molecule has 0 radical (unpaired) electrons. The molecule has 2 fully saturated rings. The molecule has 2 saturated heterocycles. The maximum absolute atomic E-state index is 12.1. The van der Waals surface area contributed by atoms with E-state index in [2.05, 4.69) is 25.2 Å². The molecule has 2 atom stereocenters. The quantitative estimate of drug-likeness (QED) is 0.803. The summed E-state index contributed by atoms with van der Waals surface area (Å²) < 4.78 is 5.88. The van der Waals surface area contributed by atoms with Crippen molar-refractivity contribution in [2.75, 3.05) is 37.8 Å². The van der Waals surface area contributed by atoms with E-state index in [-0.39, 0.29) is 24.0 Å². The minimum atomic E-state index is 0.0144. The Morgan fingerprint density at radius 1 is 1.29 bits per heavy atom. The Balaban J connectivity index is 1.46. The summed E-state index contributed by atoms with van der Waals surface area (Å²) in [5.41, 5.74) is 7.93. The zero-order valence-electron chi connectivity index (χ0n) is 16.1. The summed E-state index contributed by atoms with van der Waals surface area (Å²) in [7, 11) is 1.85. The number of benzene rings is 1. The number of nitrogens with two attached hydrogens (primary N) is 1. The zero-order chi connectivity index (χ0) is 19.7. The van der Waals surface area contributed by atoms with Crippen molar-refractivity contribution in [1.29, 1.82) is 0 Å². The fourth-order valence-electron chi connectivity index (χ4n) is 3.77. The Morgan fingerprint density at radius 3 is 2.96 bits per heavy atom. The van der Waals surface area contributed by atoms with Crippen LogP contribution in [0, 0.1) is 6.92 Å². The number of likely N-dealkylation sites (tertiary alicyclic amines) is 1. The summed E-state index contributed by atoms with van der Waals surface area (Å²) in [6, 6.07) is 8.01. The van der Waals surface area contributed by atoms with Crippen LogP contribution in [0.25, 0.3) is 0 Å². The van der Waals surface area contributed by atoms with Crippen LogP contribution in [0.3, 0.4) is 0 Å². The minimum absolute atomic E-state index is 0.0144. The normalized spacial score (nSPS) is 22.8. The molecule has 148 valence electrons. The maximum atomic E-state index is 12.1. The molecule has 1 aromatic carbocycles. The van der Waals surface area contributed by atoms with Crippen LogP contribution in [0.5, 0.6) is 0 Å². The first kappa shape index (κ1) is 18.6. The van der Waals surface area contributed by atoms with Crippen LogP contribution in [0.1, 0.15) is 17.8 Å². The fraction of sp³-hybridized carbons (Fsp3) is 0.474. The largest absolute Gasteiger partial charge is 0.374 e. The molecule has 9 heteroatoms. The molecule has 0 bridgehead atoms. The molecule has 0 aliphatic carbocycles. The van der Waals surface area contributed by atoms with E-state index in [0.717, 1.165) is 24.3 Å². The smallest absolute Gasteiger partial charge is 0.232 e. The lowest BCUT2D eigenvalue weighted by Gasteiger charge is -2.25. The number of nitrogens with one attached hydrogen (secondary N) is 1. The minimum Gasteiger partial charge on any atom is -0.374 e. The van der Waals surface area contributed by atoms with Gasteiger partial charge in [0.05, 0.1) is 31.7 Å². The molecule has 4 rings (SSSR count). The second-order valence-electron chi connectivity index (χ2n) is 7.35. The first-order chi connectivity index (χ1) is 13.5. The molecule has 0 spiro atoms. The van der Waals surface area contributed by atoms with Crippen molar-refractivity contribution in [2.45, 2.75) is 32.0 Å². The molecular formula is C19H25N7O2. The van der Waals surface area contributed by atoms with Gasteiger partial charge in [0.1, 0.15) is 5.82 Å². The zero-order valence-corrected chi connectivity index (χ0v) is 16.1. The van der Waals surface area contributed by atoms with E-state index < -0.39 is 0 Å². The SMILES string of the molecule is Cc1cccc(Nc2nc(N)nc(CN3C[C@@H]4OCCC(=O)N(C)[C@H]4C3)n2)c1. The van der Waals surface area contributed by atoms with E-state index in [4.69, 9.17) is 10.5 Å². The standard InChI is InChI=1S/C19H25N7O2/c1-12-4-3-5-13(8-12)21-19-23-16(22-18(20)24-19)11-26-9-14-15(10-26)28-7-6-17(27)25(14)2/h3-5,8,14-15H,6-7,9-11H2,1-2H3,(H3,20,21,22,23,24)/t14-,15-/m0/s1. The van der Waals surface area contributed by atoms with E-state index in [9.17, 15) is 4.79 Å². The van der Waals surface area contributed by atoms with Crippen molar-refractivity contribution >= 4 is 23.5 Å². The van der Waals surface area contributed by atoms with Crippen molar-refractivity contribution in [3.8, 4) is 0 Å². The Bertz CT molecular complexity index is 875. The van der Waals surface area contributed by atoms with Gasteiger partial charge in [-0.15, -0.1) is 0 Å². The monoisotopic (exact) mass is 383 g/mol. The Morgan fingerprint density at radius 2 is 2.14 bits per heavy atom. The van der Waals surface area contributed by atoms with Gasteiger partial charge < -0.3 is 20.7 Å². The van der Waals surface area contributed by atoms with E-state index in [1.54, 1.807) is 0 Å². The number of fused-ring (bicyclic) bond motifs is 1. The number of hydrogen-bond acceptors (Lipinski definition) is 8. The third kappa shape index (κ3) is 4.05. The summed E-state index contributed by atoms with van der Waals surface area (Å²) in [6.07, 6.45) is 0.460. The molecule has 28 heavy (non-hydrogen) atoms. The summed E-state index contributed by atoms with van der Waals surface area (Å²) in [5, 5.41) is 3.18. The average Bonchev–Trinajstić information content (AvgIpc) is 2.97. The highest BCUT2D eigenvalue weighted by Gasteiger charge is 2.39. The summed E-state index contributed by atoms with van der Waals surface area (Å²) in [4.78, 5) is 29.1. The number of aromatic nitrogens is 3. The number of nitrogens with zero attached hydrogens (tertiary/aromatic N) is 5. The maximum Gasteiger partial charge on any atom is 0.232 e. The van der Waals surface area contributed by atoms with E-state index >= 15 is 0 Å². The van der Waals surface area contributed by atoms with Crippen molar-refractivity contribution in [3.63, 3.8) is 0 Å². The fourth-order valence-corrected chi connectivity index (χ4v) is 3.77. The predicted octanol–water partition coefficient (Wildman–Crippen LogP) is 0.937. The lowest BCUT2D eigenvalue weighted by molar-refractivity contribution is -0.131. The predicted molar refractivity (Wildman–Crippen MR) is 105 cm³/mol. The molecule has 2 aliphatic rings. The second-order valence-corrected chi connectivity index (χ2v) is 7.35. The Labute approximate surface area is 163 Å². The number of carbonyl (C=O) groups excluding carboxylic acids is 1. The molecule has 3 heterocycles. The van der Waals surface area contributed by atoms with Crippen LogP contribution in [-0.4, -0.2) is 69.5 Å². The first-order valence-corrected chi connectivity index (χ1v) is 9.41. The van der Waals surface area contributed by atoms with Crippen LogP contribution in [0.4, 0.5) is 17.6 Å². The molecule has 2 aromatic rings. The van der Waals surface area contributed by atoms with Crippen LogP contribution in [-0.2, 0) is 16.1 Å². The number of hydrogen-bond donors (Lipinski definition) is 2. The molecule has 9 nitrogen and oxygen atoms in total.